The first-order chi connectivity index (χ1) is 9.25. The molecule has 0 unspecified atom stereocenters. The molecular weight excluding hydrogens is 278 g/mol. The minimum Gasteiger partial charge on any atom is -0.318 e. The molecule has 96 valence electrons. The van der Waals surface area contributed by atoms with E-state index in [-0.39, 0.29) is 5.91 Å². The molecule has 0 aliphatic carbocycles. The lowest BCUT2D eigenvalue weighted by atomic mass is 10.3. The van der Waals surface area contributed by atoms with Gasteiger partial charge in [0.2, 0.25) is 4.80 Å². The maximum absolute atomic E-state index is 11.8. The fraction of sp³-hybridized carbons (Fsp3) is 0.0769. The Morgan fingerprint density at radius 3 is 2.89 bits per heavy atom. The summed E-state index contributed by atoms with van der Waals surface area (Å²) in [6, 6.07) is 9.83. The van der Waals surface area contributed by atoms with Gasteiger partial charge >= 0.3 is 0 Å². The number of carbonyl (C=O) groups excluding carboxylic acids is 1. The van der Waals surface area contributed by atoms with Crippen LogP contribution < -0.4 is 10.2 Å². The fourth-order valence-electron chi connectivity index (χ4n) is 1.75. The summed E-state index contributed by atoms with van der Waals surface area (Å²) in [7, 11) is 1.94. The molecule has 0 spiro atoms. The molecule has 1 amide bonds. The van der Waals surface area contributed by atoms with Crippen molar-refractivity contribution < 1.29 is 4.79 Å². The van der Waals surface area contributed by atoms with Gasteiger partial charge in [0.25, 0.3) is 5.91 Å². The standard InChI is InChI=1S/C13H11N3OS2/c1-16-10-4-2-3-5-11(10)19-13(16)15-14-12(17)9-6-7-18-8-9/h2-8H,1H3,(H,14,17)/b15-13-. The summed E-state index contributed by atoms with van der Waals surface area (Å²) in [4.78, 5) is 12.6. The van der Waals surface area contributed by atoms with Crippen LogP contribution in [0.25, 0.3) is 10.2 Å². The molecule has 4 nitrogen and oxygen atoms in total. The average molecular weight is 289 g/mol. The monoisotopic (exact) mass is 289 g/mol. The number of nitrogens with zero attached hydrogens (tertiary/aromatic N) is 2. The van der Waals surface area contributed by atoms with Crippen molar-refractivity contribution in [1.29, 1.82) is 0 Å². The quantitative estimate of drug-likeness (QED) is 0.724. The van der Waals surface area contributed by atoms with E-state index in [4.69, 9.17) is 0 Å². The zero-order valence-electron chi connectivity index (χ0n) is 10.2. The SMILES string of the molecule is Cn1/c(=N/NC(=O)c2ccsc2)sc2ccccc21. The van der Waals surface area contributed by atoms with Gasteiger partial charge in [0.05, 0.1) is 15.8 Å². The molecule has 2 aromatic heterocycles. The van der Waals surface area contributed by atoms with E-state index in [2.05, 4.69) is 10.5 Å². The number of nitrogens with one attached hydrogen (secondary N) is 1. The molecule has 0 fully saturated rings. The molecule has 1 aromatic carbocycles. The number of hydrogen-bond donors (Lipinski definition) is 1. The number of aromatic nitrogens is 1. The number of aryl methyl sites for hydroxylation is 1. The Hall–Kier alpha value is -1.92. The third-order valence-electron chi connectivity index (χ3n) is 2.75. The predicted octanol–water partition coefficient (Wildman–Crippen LogP) is 2.55. The van der Waals surface area contributed by atoms with E-state index in [9.17, 15) is 4.79 Å². The van der Waals surface area contributed by atoms with Gasteiger partial charge in [-0.15, -0.1) is 5.10 Å². The van der Waals surface area contributed by atoms with Crippen LogP contribution in [0.2, 0.25) is 0 Å². The van der Waals surface area contributed by atoms with Crippen molar-refractivity contribution in [3.63, 3.8) is 0 Å². The highest BCUT2D eigenvalue weighted by Crippen LogP contribution is 2.14. The molecule has 6 heteroatoms. The number of thiophene rings is 1. The molecule has 0 saturated carbocycles. The number of amides is 1. The molecule has 3 aromatic rings. The summed E-state index contributed by atoms with van der Waals surface area (Å²) in [5.41, 5.74) is 4.33. The predicted molar refractivity (Wildman–Crippen MR) is 78.1 cm³/mol. The van der Waals surface area contributed by atoms with Crippen molar-refractivity contribution >= 4 is 38.8 Å². The van der Waals surface area contributed by atoms with Crippen LogP contribution in [0, 0.1) is 0 Å². The third kappa shape index (κ3) is 2.32. The summed E-state index contributed by atoms with van der Waals surface area (Å²) in [6.45, 7) is 0. The highest BCUT2D eigenvalue weighted by Gasteiger charge is 2.05. The van der Waals surface area contributed by atoms with E-state index in [0.29, 0.717) is 5.56 Å². The molecule has 2 heterocycles. The van der Waals surface area contributed by atoms with Gasteiger partial charge in [-0.25, -0.2) is 5.43 Å². The lowest BCUT2D eigenvalue weighted by Crippen LogP contribution is -2.22. The zero-order chi connectivity index (χ0) is 13.2. The number of carbonyl (C=O) groups is 1. The number of hydrogen-bond acceptors (Lipinski definition) is 4. The van der Waals surface area contributed by atoms with Gasteiger partial charge < -0.3 is 4.57 Å². The first-order valence-corrected chi connectivity index (χ1v) is 7.42. The van der Waals surface area contributed by atoms with Gasteiger partial charge in [-0.2, -0.15) is 11.3 Å². The zero-order valence-corrected chi connectivity index (χ0v) is 11.8. The van der Waals surface area contributed by atoms with E-state index >= 15 is 0 Å². The van der Waals surface area contributed by atoms with Crippen LogP contribution in [-0.4, -0.2) is 10.5 Å². The van der Waals surface area contributed by atoms with Gasteiger partial charge in [0.1, 0.15) is 0 Å². The Balaban J connectivity index is 1.94. The third-order valence-corrected chi connectivity index (χ3v) is 4.55. The van der Waals surface area contributed by atoms with E-state index in [1.165, 1.54) is 11.3 Å². The molecule has 0 aliphatic rings. The molecule has 0 aliphatic heterocycles. The Morgan fingerprint density at radius 2 is 2.16 bits per heavy atom. The van der Waals surface area contributed by atoms with Crippen LogP contribution >= 0.6 is 22.7 Å². The van der Waals surface area contributed by atoms with E-state index < -0.39 is 0 Å². The molecule has 0 saturated heterocycles. The first-order valence-electron chi connectivity index (χ1n) is 5.66. The van der Waals surface area contributed by atoms with Crippen LogP contribution in [0.4, 0.5) is 0 Å². The minimum atomic E-state index is -0.182. The van der Waals surface area contributed by atoms with Gasteiger partial charge in [0.15, 0.2) is 0 Å². The Morgan fingerprint density at radius 1 is 1.32 bits per heavy atom. The average Bonchev–Trinajstić information content (AvgIpc) is 3.05. The van der Waals surface area contributed by atoms with Crippen LogP contribution in [0.5, 0.6) is 0 Å². The summed E-state index contributed by atoms with van der Waals surface area (Å²) in [5.74, 6) is -0.182. The van der Waals surface area contributed by atoms with Crippen molar-refractivity contribution in [2.45, 2.75) is 0 Å². The molecule has 1 N–H and O–H groups in total. The van der Waals surface area contributed by atoms with E-state index in [0.717, 1.165) is 15.0 Å². The number of para-hydroxylation sites is 1. The van der Waals surface area contributed by atoms with Crippen LogP contribution in [0.15, 0.2) is 46.2 Å². The van der Waals surface area contributed by atoms with Crippen molar-refractivity contribution in [3.05, 3.63) is 51.5 Å². The summed E-state index contributed by atoms with van der Waals surface area (Å²) in [5, 5.41) is 7.86. The lowest BCUT2D eigenvalue weighted by molar-refractivity contribution is 0.0953. The summed E-state index contributed by atoms with van der Waals surface area (Å²) in [6.07, 6.45) is 0. The maximum Gasteiger partial charge on any atom is 0.272 e. The lowest BCUT2D eigenvalue weighted by Gasteiger charge is -1.96. The summed E-state index contributed by atoms with van der Waals surface area (Å²) < 4.78 is 3.11. The summed E-state index contributed by atoms with van der Waals surface area (Å²) >= 11 is 3.04. The fourth-order valence-corrected chi connectivity index (χ4v) is 3.36. The topological polar surface area (TPSA) is 46.4 Å². The van der Waals surface area contributed by atoms with Gasteiger partial charge in [-0.3, -0.25) is 4.79 Å². The second-order valence-electron chi connectivity index (χ2n) is 3.98. The van der Waals surface area contributed by atoms with Crippen LogP contribution in [0.3, 0.4) is 0 Å². The molecular formula is C13H11N3OS2. The van der Waals surface area contributed by atoms with Crippen LogP contribution in [0.1, 0.15) is 10.4 Å². The van der Waals surface area contributed by atoms with Gasteiger partial charge in [0, 0.05) is 12.4 Å². The largest absolute Gasteiger partial charge is 0.318 e. The Kier molecular flexibility index (Phi) is 3.18. The second-order valence-corrected chi connectivity index (χ2v) is 5.77. The Bertz CT molecular complexity index is 784. The number of thiazole rings is 1. The molecule has 19 heavy (non-hydrogen) atoms. The minimum absolute atomic E-state index is 0.182. The second kappa shape index (κ2) is 4.99. The number of rotatable bonds is 2. The van der Waals surface area contributed by atoms with E-state index in [1.54, 1.807) is 22.8 Å². The maximum atomic E-state index is 11.8. The molecule has 0 bridgehead atoms. The molecule has 0 atom stereocenters. The highest BCUT2D eigenvalue weighted by atomic mass is 32.1. The normalized spacial score (nSPS) is 11.9. The Labute approximate surface area is 117 Å². The smallest absolute Gasteiger partial charge is 0.272 e. The number of fused-ring (bicyclic) bond motifs is 1. The van der Waals surface area contributed by atoms with Crippen LogP contribution in [-0.2, 0) is 7.05 Å². The van der Waals surface area contributed by atoms with Crippen molar-refractivity contribution in [2.24, 2.45) is 12.1 Å². The first kappa shape index (κ1) is 12.1. The van der Waals surface area contributed by atoms with Gasteiger partial charge in [-0.05, 0) is 23.6 Å². The highest BCUT2D eigenvalue weighted by molar-refractivity contribution is 7.16. The van der Waals surface area contributed by atoms with Crippen molar-refractivity contribution in [1.82, 2.24) is 9.99 Å². The van der Waals surface area contributed by atoms with Crippen molar-refractivity contribution in [3.8, 4) is 0 Å². The molecule has 0 radical (unpaired) electrons. The number of benzene rings is 1. The molecule has 3 rings (SSSR count). The van der Waals surface area contributed by atoms with Gasteiger partial charge in [-0.1, -0.05) is 23.5 Å². The van der Waals surface area contributed by atoms with E-state index in [1.807, 2.05) is 41.3 Å². The van der Waals surface area contributed by atoms with Crippen molar-refractivity contribution in [2.75, 3.05) is 0 Å².